The summed E-state index contributed by atoms with van der Waals surface area (Å²) in [5, 5.41) is 0. The zero-order valence-corrected chi connectivity index (χ0v) is 16.2. The van der Waals surface area contributed by atoms with E-state index in [0.717, 1.165) is 17.7 Å². The number of aromatic nitrogens is 2. The van der Waals surface area contributed by atoms with Gasteiger partial charge >= 0.3 is 12.1 Å². The number of fused-ring (bicyclic) bond motifs is 1. The molecule has 1 aromatic heterocycles. The normalized spacial score (nSPS) is 15.3. The van der Waals surface area contributed by atoms with Gasteiger partial charge in [0.1, 0.15) is 5.82 Å². The van der Waals surface area contributed by atoms with E-state index < -0.39 is 47.2 Å². The van der Waals surface area contributed by atoms with E-state index in [0.29, 0.717) is 6.07 Å². The van der Waals surface area contributed by atoms with Crippen LogP contribution >= 0.6 is 0 Å². The molecule has 0 saturated carbocycles. The minimum atomic E-state index is -4.74. The van der Waals surface area contributed by atoms with Gasteiger partial charge in [-0.05, 0) is 24.3 Å². The molecule has 1 aliphatic rings. The molecule has 12 heteroatoms. The number of hydrogen-bond donors (Lipinski definition) is 1. The van der Waals surface area contributed by atoms with Crippen LogP contribution in [-0.2, 0) is 30.4 Å². The number of methoxy groups -OCH3 is 1. The van der Waals surface area contributed by atoms with Crippen molar-refractivity contribution in [3.63, 3.8) is 0 Å². The quantitative estimate of drug-likeness (QED) is 0.433. The fourth-order valence-corrected chi connectivity index (χ4v) is 3.27. The van der Waals surface area contributed by atoms with Gasteiger partial charge < -0.3 is 19.9 Å². The Morgan fingerprint density at radius 1 is 1.23 bits per heavy atom. The van der Waals surface area contributed by atoms with Crippen LogP contribution in [0.2, 0.25) is 0 Å². The summed E-state index contributed by atoms with van der Waals surface area (Å²) in [6.07, 6.45) is -1.92. The van der Waals surface area contributed by atoms with Gasteiger partial charge in [0.15, 0.2) is 17.3 Å². The zero-order chi connectivity index (χ0) is 22.9. The number of halogens is 6. The standard InChI is InChI=1S/C19H18F6N4O2/c1-31-17(30)16-15-9-28(4-5-29(15)18(27-16)19(23,24)25)3-2-11(26)6-10-7-13(21)14(22)8-12(10)20/h2-3,7-8,11H,4-6,9,26H2,1H3/t11-/m0/s1. The molecule has 2 aromatic rings. The van der Waals surface area contributed by atoms with Crippen LogP contribution in [0.4, 0.5) is 26.3 Å². The van der Waals surface area contributed by atoms with Gasteiger partial charge in [-0.15, -0.1) is 0 Å². The van der Waals surface area contributed by atoms with Gasteiger partial charge in [0, 0.05) is 25.2 Å². The van der Waals surface area contributed by atoms with E-state index in [-0.39, 0.29) is 37.3 Å². The molecular formula is C19H18F6N4O2. The van der Waals surface area contributed by atoms with Crippen molar-refractivity contribution in [2.75, 3.05) is 13.7 Å². The molecule has 0 aliphatic carbocycles. The molecule has 6 nitrogen and oxygen atoms in total. The third-order valence-corrected chi connectivity index (χ3v) is 4.76. The van der Waals surface area contributed by atoms with E-state index in [1.807, 2.05) is 0 Å². The minimum Gasteiger partial charge on any atom is -0.464 e. The first-order valence-corrected chi connectivity index (χ1v) is 9.07. The maximum absolute atomic E-state index is 13.8. The van der Waals surface area contributed by atoms with Crippen molar-refractivity contribution < 1.29 is 35.9 Å². The number of imidazole rings is 1. The lowest BCUT2D eigenvalue weighted by Gasteiger charge is -2.28. The molecule has 2 N–H and O–H groups in total. The molecular weight excluding hydrogens is 430 g/mol. The van der Waals surface area contributed by atoms with Crippen molar-refractivity contribution in [2.45, 2.75) is 31.7 Å². The Hall–Kier alpha value is -3.02. The average Bonchev–Trinajstić information content (AvgIpc) is 3.09. The second kappa shape index (κ2) is 8.61. The number of hydrogen-bond acceptors (Lipinski definition) is 5. The van der Waals surface area contributed by atoms with Gasteiger partial charge in [-0.3, -0.25) is 0 Å². The maximum Gasteiger partial charge on any atom is 0.449 e. The number of nitrogens with two attached hydrogens (primary N) is 1. The summed E-state index contributed by atoms with van der Waals surface area (Å²) >= 11 is 0. The molecule has 1 atom stereocenters. The third kappa shape index (κ3) is 4.84. The van der Waals surface area contributed by atoms with Crippen LogP contribution in [-0.4, -0.2) is 40.1 Å². The molecule has 0 spiro atoms. The van der Waals surface area contributed by atoms with E-state index in [9.17, 15) is 31.1 Å². The predicted octanol–water partition coefficient (Wildman–Crippen LogP) is 3.01. The number of rotatable bonds is 5. The molecule has 0 radical (unpaired) electrons. The average molecular weight is 448 g/mol. The summed E-state index contributed by atoms with van der Waals surface area (Å²) in [6, 6.07) is 0.371. The Labute approximate surface area is 172 Å². The molecule has 1 aliphatic heterocycles. The summed E-state index contributed by atoms with van der Waals surface area (Å²) in [4.78, 5) is 16.9. The number of esters is 1. The first-order chi connectivity index (χ1) is 14.5. The van der Waals surface area contributed by atoms with E-state index in [2.05, 4.69) is 9.72 Å². The lowest BCUT2D eigenvalue weighted by molar-refractivity contribution is -0.147. The highest BCUT2D eigenvalue weighted by molar-refractivity contribution is 5.88. The van der Waals surface area contributed by atoms with Crippen LogP contribution in [0.5, 0.6) is 0 Å². The summed E-state index contributed by atoms with van der Waals surface area (Å²) < 4.78 is 85.3. The van der Waals surface area contributed by atoms with Crippen LogP contribution in [0.1, 0.15) is 27.6 Å². The van der Waals surface area contributed by atoms with E-state index in [1.165, 1.54) is 12.3 Å². The number of nitrogens with zero attached hydrogens (tertiary/aromatic N) is 3. The number of ether oxygens (including phenoxy) is 1. The Balaban J connectivity index is 1.76. The molecule has 168 valence electrons. The van der Waals surface area contributed by atoms with Crippen LogP contribution in [0.25, 0.3) is 0 Å². The lowest BCUT2D eigenvalue weighted by atomic mass is 10.1. The molecule has 0 fully saturated rings. The van der Waals surface area contributed by atoms with Gasteiger partial charge in [0.25, 0.3) is 0 Å². The molecule has 0 amide bonds. The van der Waals surface area contributed by atoms with Gasteiger partial charge in [0.2, 0.25) is 5.82 Å². The predicted molar refractivity (Wildman–Crippen MR) is 96.1 cm³/mol. The minimum absolute atomic E-state index is 0.0373. The topological polar surface area (TPSA) is 73.4 Å². The second-order valence-electron chi connectivity index (χ2n) is 6.91. The smallest absolute Gasteiger partial charge is 0.449 e. The third-order valence-electron chi connectivity index (χ3n) is 4.76. The van der Waals surface area contributed by atoms with Crippen LogP contribution in [0.3, 0.4) is 0 Å². The summed E-state index contributed by atoms with van der Waals surface area (Å²) in [5.41, 5.74) is 5.39. The van der Waals surface area contributed by atoms with Gasteiger partial charge in [-0.2, -0.15) is 13.2 Å². The van der Waals surface area contributed by atoms with Crippen molar-refractivity contribution in [1.82, 2.24) is 14.5 Å². The highest BCUT2D eigenvalue weighted by Crippen LogP contribution is 2.32. The first kappa shape index (κ1) is 22.7. The van der Waals surface area contributed by atoms with Crippen molar-refractivity contribution in [3.05, 3.63) is 64.6 Å². The lowest BCUT2D eigenvalue weighted by Crippen LogP contribution is -2.33. The SMILES string of the molecule is COC(=O)c1nc(C(F)(F)F)n2c1CN(C=C[C@H](N)Cc1cc(F)c(F)cc1F)CC2. The highest BCUT2D eigenvalue weighted by atomic mass is 19.4. The Morgan fingerprint density at radius 3 is 2.55 bits per heavy atom. The molecule has 31 heavy (non-hydrogen) atoms. The van der Waals surface area contributed by atoms with Crippen molar-refractivity contribution in [3.8, 4) is 0 Å². The molecule has 0 unspecified atom stereocenters. The number of carbonyl (C=O) groups is 1. The van der Waals surface area contributed by atoms with Crippen molar-refractivity contribution >= 4 is 5.97 Å². The second-order valence-corrected chi connectivity index (χ2v) is 6.91. The van der Waals surface area contributed by atoms with E-state index in [4.69, 9.17) is 5.73 Å². The first-order valence-electron chi connectivity index (χ1n) is 9.07. The van der Waals surface area contributed by atoms with Gasteiger partial charge in [-0.1, -0.05) is 6.08 Å². The van der Waals surface area contributed by atoms with Crippen molar-refractivity contribution in [1.29, 1.82) is 0 Å². The number of benzene rings is 1. The Morgan fingerprint density at radius 2 is 1.90 bits per heavy atom. The molecule has 2 heterocycles. The maximum atomic E-state index is 13.8. The summed E-state index contributed by atoms with van der Waals surface area (Å²) in [5.74, 6) is -5.62. The molecule has 3 rings (SSSR count). The molecule has 0 saturated heterocycles. The Kier molecular flexibility index (Phi) is 6.30. The van der Waals surface area contributed by atoms with Crippen molar-refractivity contribution in [2.24, 2.45) is 5.73 Å². The fraction of sp³-hybridized carbons (Fsp3) is 0.368. The number of alkyl halides is 3. The summed E-state index contributed by atoms with van der Waals surface area (Å²) in [7, 11) is 1.04. The fourth-order valence-electron chi connectivity index (χ4n) is 3.27. The van der Waals surface area contributed by atoms with Crippen LogP contribution in [0.15, 0.2) is 24.4 Å². The molecule has 0 bridgehead atoms. The molecule has 1 aromatic carbocycles. The Bertz CT molecular complexity index is 1020. The highest BCUT2D eigenvalue weighted by Gasteiger charge is 2.41. The van der Waals surface area contributed by atoms with E-state index >= 15 is 0 Å². The monoisotopic (exact) mass is 448 g/mol. The van der Waals surface area contributed by atoms with E-state index in [1.54, 1.807) is 4.90 Å². The van der Waals surface area contributed by atoms with Crippen LogP contribution < -0.4 is 5.73 Å². The zero-order valence-electron chi connectivity index (χ0n) is 16.2. The number of carbonyl (C=O) groups excluding carboxylic acids is 1. The van der Waals surface area contributed by atoms with Gasteiger partial charge in [0.05, 0.1) is 19.3 Å². The summed E-state index contributed by atoms with van der Waals surface area (Å²) in [6.45, 7) is -0.00235. The van der Waals surface area contributed by atoms with Gasteiger partial charge in [-0.25, -0.2) is 22.9 Å². The largest absolute Gasteiger partial charge is 0.464 e. The van der Waals surface area contributed by atoms with Crippen LogP contribution in [0, 0.1) is 17.5 Å².